The third kappa shape index (κ3) is 2.86. The van der Waals surface area contributed by atoms with Crippen LogP contribution in [0.15, 0.2) is 12.4 Å². The second kappa shape index (κ2) is 4.73. The molecule has 2 N–H and O–H groups in total. The van der Waals surface area contributed by atoms with E-state index in [4.69, 9.17) is 0 Å². The Labute approximate surface area is 96.4 Å². The van der Waals surface area contributed by atoms with Crippen molar-refractivity contribution in [2.24, 2.45) is 0 Å². The molecule has 0 radical (unpaired) electrons. The van der Waals surface area contributed by atoms with Gasteiger partial charge in [0.15, 0.2) is 0 Å². The molecule has 8 heteroatoms. The molecule has 1 saturated heterocycles. The fourth-order valence-corrected chi connectivity index (χ4v) is 1.54. The van der Waals surface area contributed by atoms with Crippen LogP contribution in [0.3, 0.4) is 0 Å². The molecule has 2 heterocycles. The van der Waals surface area contributed by atoms with Crippen LogP contribution in [0.5, 0.6) is 0 Å². The molecule has 1 aromatic heterocycles. The molecule has 3 amide bonds. The summed E-state index contributed by atoms with van der Waals surface area (Å²) in [6.45, 7) is -0.00226. The highest BCUT2D eigenvalue weighted by Gasteiger charge is 2.27. The van der Waals surface area contributed by atoms with Gasteiger partial charge in [-0.2, -0.15) is 0 Å². The Kier molecular flexibility index (Phi) is 3.12. The van der Waals surface area contributed by atoms with Gasteiger partial charge in [0, 0.05) is 12.6 Å². The highest BCUT2D eigenvalue weighted by Crippen LogP contribution is 2.04. The number of hydrogen-bond acceptors (Lipinski definition) is 5. The summed E-state index contributed by atoms with van der Waals surface area (Å²) in [4.78, 5) is 33.8. The van der Waals surface area contributed by atoms with Crippen LogP contribution in [0.25, 0.3) is 0 Å². The first-order valence-corrected chi connectivity index (χ1v) is 5.12. The summed E-state index contributed by atoms with van der Waals surface area (Å²) in [5, 5.41) is 11.9. The predicted molar refractivity (Wildman–Crippen MR) is 54.3 cm³/mol. The van der Waals surface area contributed by atoms with Gasteiger partial charge in [-0.3, -0.25) is 19.7 Å². The third-order valence-electron chi connectivity index (χ3n) is 2.35. The van der Waals surface area contributed by atoms with Crippen LogP contribution < -0.4 is 10.6 Å². The number of amides is 3. The zero-order valence-corrected chi connectivity index (χ0v) is 8.92. The van der Waals surface area contributed by atoms with Crippen molar-refractivity contribution in [1.29, 1.82) is 0 Å². The maximum Gasteiger partial charge on any atom is 0.249 e. The summed E-state index contributed by atoms with van der Waals surface area (Å²) in [6.07, 6.45) is 3.57. The van der Waals surface area contributed by atoms with Crippen molar-refractivity contribution in [2.75, 3.05) is 0 Å². The highest BCUT2D eigenvalue weighted by atomic mass is 16.2. The van der Waals surface area contributed by atoms with Crippen molar-refractivity contribution in [2.45, 2.75) is 25.4 Å². The van der Waals surface area contributed by atoms with E-state index in [0.717, 1.165) is 0 Å². The van der Waals surface area contributed by atoms with Crippen LogP contribution >= 0.6 is 0 Å². The maximum atomic E-state index is 11.5. The third-order valence-corrected chi connectivity index (χ3v) is 2.35. The van der Waals surface area contributed by atoms with Gasteiger partial charge in [0.2, 0.25) is 17.7 Å². The molecule has 8 nitrogen and oxygen atoms in total. The second-order valence-electron chi connectivity index (χ2n) is 3.67. The van der Waals surface area contributed by atoms with E-state index >= 15 is 0 Å². The first-order chi connectivity index (χ1) is 8.15. The van der Waals surface area contributed by atoms with Gasteiger partial charge in [-0.25, -0.2) is 4.68 Å². The minimum absolute atomic E-state index is 0.00226. The number of nitrogens with zero attached hydrogens (tertiary/aromatic N) is 3. The topological polar surface area (TPSA) is 106 Å². The molecule has 1 fully saturated rings. The molecule has 2 rings (SSSR count). The van der Waals surface area contributed by atoms with E-state index in [-0.39, 0.29) is 24.8 Å². The van der Waals surface area contributed by atoms with Gasteiger partial charge >= 0.3 is 0 Å². The van der Waals surface area contributed by atoms with Crippen molar-refractivity contribution in [3.63, 3.8) is 0 Å². The molecule has 0 aromatic carbocycles. The van der Waals surface area contributed by atoms with Crippen molar-refractivity contribution < 1.29 is 14.4 Å². The lowest BCUT2D eigenvalue weighted by Gasteiger charge is -2.21. The zero-order valence-electron chi connectivity index (χ0n) is 8.92. The lowest BCUT2D eigenvalue weighted by atomic mass is 10.1. The van der Waals surface area contributed by atoms with Crippen LogP contribution in [0, 0.1) is 0 Å². The van der Waals surface area contributed by atoms with Gasteiger partial charge in [-0.1, -0.05) is 5.21 Å². The molecule has 0 bridgehead atoms. The molecule has 0 aliphatic carbocycles. The van der Waals surface area contributed by atoms with Crippen molar-refractivity contribution in [1.82, 2.24) is 25.6 Å². The molecule has 1 aromatic rings. The van der Waals surface area contributed by atoms with Gasteiger partial charge in [0.1, 0.15) is 12.6 Å². The lowest BCUT2D eigenvalue weighted by Crippen LogP contribution is -2.52. The SMILES string of the molecule is O=C1CCC(NC(=O)Cn2ccnn2)C(=O)N1. The number of rotatable bonds is 3. The van der Waals surface area contributed by atoms with Gasteiger partial charge in [-0.15, -0.1) is 5.10 Å². The Morgan fingerprint density at radius 1 is 1.59 bits per heavy atom. The Morgan fingerprint density at radius 3 is 3.06 bits per heavy atom. The number of imide groups is 1. The molecule has 1 aliphatic heterocycles. The first-order valence-electron chi connectivity index (χ1n) is 5.12. The van der Waals surface area contributed by atoms with E-state index in [1.165, 1.54) is 10.9 Å². The van der Waals surface area contributed by atoms with Gasteiger partial charge in [0.05, 0.1) is 6.20 Å². The monoisotopic (exact) mass is 237 g/mol. The Hall–Kier alpha value is -2.25. The van der Waals surface area contributed by atoms with Crippen molar-refractivity contribution in [3.05, 3.63) is 12.4 Å². The number of aromatic nitrogens is 3. The number of nitrogens with one attached hydrogen (secondary N) is 2. The summed E-state index contributed by atoms with van der Waals surface area (Å²) in [5.41, 5.74) is 0. The molecule has 90 valence electrons. The second-order valence-corrected chi connectivity index (χ2v) is 3.67. The predicted octanol–water partition coefficient (Wildman–Crippen LogP) is -1.80. The van der Waals surface area contributed by atoms with Crippen molar-refractivity contribution in [3.8, 4) is 0 Å². The Balaban J connectivity index is 1.86. The van der Waals surface area contributed by atoms with Crippen LogP contribution in [0.4, 0.5) is 0 Å². The van der Waals surface area contributed by atoms with Crippen molar-refractivity contribution >= 4 is 17.7 Å². The maximum absolute atomic E-state index is 11.5. The Morgan fingerprint density at radius 2 is 2.41 bits per heavy atom. The number of hydrogen-bond donors (Lipinski definition) is 2. The summed E-state index contributed by atoms with van der Waals surface area (Å²) in [7, 11) is 0. The molecule has 0 saturated carbocycles. The quantitative estimate of drug-likeness (QED) is 0.603. The van der Waals surface area contributed by atoms with E-state index < -0.39 is 11.9 Å². The minimum Gasteiger partial charge on any atom is -0.343 e. The summed E-state index contributed by atoms with van der Waals surface area (Å²) < 4.78 is 1.35. The fraction of sp³-hybridized carbons (Fsp3) is 0.444. The number of carbonyl (C=O) groups is 3. The molecular weight excluding hydrogens is 226 g/mol. The lowest BCUT2D eigenvalue weighted by molar-refractivity contribution is -0.137. The van der Waals surface area contributed by atoms with Gasteiger partial charge < -0.3 is 5.32 Å². The fourth-order valence-electron chi connectivity index (χ4n) is 1.54. The van der Waals surface area contributed by atoms with E-state index in [1.807, 2.05) is 0 Å². The van der Waals surface area contributed by atoms with Crippen LogP contribution in [0.2, 0.25) is 0 Å². The van der Waals surface area contributed by atoms with Crippen LogP contribution in [-0.4, -0.2) is 38.8 Å². The number of piperidine rings is 1. The summed E-state index contributed by atoms with van der Waals surface area (Å²) in [5.74, 6) is -1.12. The average molecular weight is 237 g/mol. The first kappa shape index (κ1) is 11.2. The zero-order chi connectivity index (χ0) is 12.3. The molecular formula is C9H11N5O3. The smallest absolute Gasteiger partial charge is 0.249 e. The molecule has 17 heavy (non-hydrogen) atoms. The van der Waals surface area contributed by atoms with E-state index in [9.17, 15) is 14.4 Å². The van der Waals surface area contributed by atoms with E-state index in [0.29, 0.717) is 6.42 Å². The van der Waals surface area contributed by atoms with Crippen LogP contribution in [0.1, 0.15) is 12.8 Å². The molecule has 0 spiro atoms. The Bertz CT molecular complexity index is 441. The normalized spacial score (nSPS) is 19.9. The largest absolute Gasteiger partial charge is 0.343 e. The number of carbonyl (C=O) groups excluding carboxylic acids is 3. The van der Waals surface area contributed by atoms with Crippen LogP contribution in [-0.2, 0) is 20.9 Å². The van der Waals surface area contributed by atoms with Gasteiger partial charge in [-0.05, 0) is 6.42 Å². The highest BCUT2D eigenvalue weighted by molar-refractivity contribution is 6.01. The van der Waals surface area contributed by atoms with E-state index in [1.54, 1.807) is 6.20 Å². The van der Waals surface area contributed by atoms with E-state index in [2.05, 4.69) is 20.9 Å². The molecule has 1 aliphatic rings. The summed E-state index contributed by atoms with van der Waals surface area (Å²) in [6, 6.07) is -0.649. The van der Waals surface area contributed by atoms with Gasteiger partial charge in [0.25, 0.3) is 0 Å². The average Bonchev–Trinajstić information content (AvgIpc) is 2.75. The summed E-state index contributed by atoms with van der Waals surface area (Å²) >= 11 is 0. The standard InChI is InChI=1S/C9H11N5O3/c15-7-2-1-6(9(17)12-7)11-8(16)5-14-4-3-10-13-14/h3-4,6H,1-2,5H2,(H,11,16)(H,12,15,17). The minimum atomic E-state index is -0.649. The molecule has 1 atom stereocenters. The molecule has 1 unspecified atom stereocenters.